The Morgan fingerprint density at radius 2 is 1.79 bits per heavy atom. The molecule has 2 aromatic heterocycles. The minimum atomic E-state index is -0.730. The first kappa shape index (κ1) is 27.4. The first-order valence-electron chi connectivity index (χ1n) is 12.1. The highest BCUT2D eigenvalue weighted by Crippen LogP contribution is 2.38. The average Bonchev–Trinajstić information content (AvgIpc) is 3.31. The van der Waals surface area contributed by atoms with Crippen molar-refractivity contribution in [1.29, 1.82) is 0 Å². The molecule has 0 saturated heterocycles. The number of halogens is 1. The summed E-state index contributed by atoms with van der Waals surface area (Å²) in [4.78, 5) is 30.4. The fourth-order valence-electron chi connectivity index (χ4n) is 3.86. The van der Waals surface area contributed by atoms with Crippen LogP contribution < -0.4 is 10.6 Å². The Hall–Kier alpha value is -3.68. The predicted molar refractivity (Wildman–Crippen MR) is 148 cm³/mol. The van der Waals surface area contributed by atoms with Gasteiger partial charge in [-0.25, -0.2) is 4.79 Å². The lowest BCUT2D eigenvalue weighted by Crippen LogP contribution is -2.37. The van der Waals surface area contributed by atoms with Crippen molar-refractivity contribution in [3.8, 4) is 16.8 Å². The lowest BCUT2D eigenvalue weighted by atomic mass is 10.00. The first-order valence-corrected chi connectivity index (χ1v) is 13.3. The molecule has 3 heterocycles. The maximum atomic E-state index is 12.5. The van der Waals surface area contributed by atoms with Crippen molar-refractivity contribution in [2.24, 2.45) is 4.99 Å². The van der Waals surface area contributed by atoms with Crippen molar-refractivity contribution in [1.82, 2.24) is 25.4 Å². The van der Waals surface area contributed by atoms with Crippen LogP contribution in [0.3, 0.4) is 0 Å². The molecule has 1 atom stereocenters. The van der Waals surface area contributed by atoms with E-state index < -0.39 is 23.6 Å². The molecule has 3 aromatic rings. The quantitative estimate of drug-likeness (QED) is 0.367. The zero-order valence-corrected chi connectivity index (χ0v) is 23.7. The van der Waals surface area contributed by atoms with E-state index in [1.165, 1.54) is 4.88 Å². The number of aryl methyl sites for hydroxylation is 2. The molecule has 11 heteroatoms. The van der Waals surface area contributed by atoms with Gasteiger partial charge in [0.15, 0.2) is 11.9 Å². The number of carbonyl (C=O) groups is 2. The number of thiophene rings is 1. The van der Waals surface area contributed by atoms with Gasteiger partial charge in [0.2, 0.25) is 0 Å². The molecule has 0 saturated carbocycles. The number of amides is 2. The van der Waals surface area contributed by atoms with E-state index in [-0.39, 0.29) is 13.1 Å². The van der Waals surface area contributed by atoms with Gasteiger partial charge in [-0.15, -0.1) is 21.5 Å². The molecule has 2 N–H and O–H groups in total. The van der Waals surface area contributed by atoms with E-state index in [1.54, 1.807) is 32.1 Å². The van der Waals surface area contributed by atoms with Gasteiger partial charge in [0.05, 0.1) is 5.71 Å². The van der Waals surface area contributed by atoms with Gasteiger partial charge in [-0.3, -0.25) is 14.4 Å². The summed E-state index contributed by atoms with van der Waals surface area (Å²) in [5.74, 6) is 6.37. The molecule has 0 radical (unpaired) electrons. The Morgan fingerprint density at radius 3 is 2.47 bits per heavy atom. The standard InChI is InChI=1S/C27H29ClN6O3S/c1-15-16(2)38-25-22(15)23(18-7-9-19(28)10-8-18)31-20(24-33-32-17(3)34(24)25)11-12-21(35)29-13-14-30-26(36)37-27(4,5)6/h7-10,20H,13-14H2,1-6H3,(H,29,35)(H,30,36). The molecule has 1 unspecified atom stereocenters. The maximum absolute atomic E-state index is 12.5. The highest BCUT2D eigenvalue weighted by Gasteiger charge is 2.30. The largest absolute Gasteiger partial charge is 0.444 e. The number of rotatable bonds is 4. The number of ether oxygens (including phenoxy) is 1. The molecule has 0 fully saturated rings. The van der Waals surface area contributed by atoms with E-state index in [9.17, 15) is 9.59 Å². The molecule has 38 heavy (non-hydrogen) atoms. The first-order chi connectivity index (χ1) is 17.9. The monoisotopic (exact) mass is 552 g/mol. The van der Waals surface area contributed by atoms with E-state index in [0.29, 0.717) is 16.7 Å². The molecule has 0 spiro atoms. The van der Waals surface area contributed by atoms with Crippen LogP contribution in [0.5, 0.6) is 0 Å². The molecular weight excluding hydrogens is 524 g/mol. The Bertz CT molecular complexity index is 1470. The third-order valence-electron chi connectivity index (χ3n) is 5.68. The zero-order valence-electron chi connectivity index (χ0n) is 22.1. The summed E-state index contributed by atoms with van der Waals surface area (Å²) in [6.07, 6.45) is -0.548. The van der Waals surface area contributed by atoms with Crippen molar-refractivity contribution in [3.05, 3.63) is 62.5 Å². The molecule has 1 aliphatic rings. The molecule has 2 amide bonds. The second-order valence-corrected chi connectivity index (χ2v) is 11.4. The molecule has 1 aliphatic heterocycles. The van der Waals surface area contributed by atoms with Gasteiger partial charge in [-0.1, -0.05) is 29.7 Å². The summed E-state index contributed by atoms with van der Waals surface area (Å²) in [7, 11) is 0. The second-order valence-electron chi connectivity index (χ2n) is 9.75. The smallest absolute Gasteiger partial charge is 0.407 e. The normalized spacial score (nSPS) is 14.3. The molecule has 0 bridgehead atoms. The number of benzene rings is 1. The number of aliphatic imine (C=N–C) groups is 1. The fraction of sp³-hybridized carbons (Fsp3) is 0.370. The summed E-state index contributed by atoms with van der Waals surface area (Å²) < 4.78 is 7.15. The molecule has 9 nitrogen and oxygen atoms in total. The SMILES string of the molecule is Cc1sc2c(c1C)C(c1ccc(Cl)cc1)=NC(C#CC(=O)NCCNC(=O)OC(C)(C)C)c1nnc(C)n1-2. The number of hydrogen-bond acceptors (Lipinski definition) is 7. The van der Waals surface area contributed by atoms with Crippen LogP contribution in [0.1, 0.15) is 60.0 Å². The highest BCUT2D eigenvalue weighted by atomic mass is 35.5. The maximum Gasteiger partial charge on any atom is 0.407 e. The van der Waals surface area contributed by atoms with Crippen LogP contribution in [0.15, 0.2) is 29.3 Å². The van der Waals surface area contributed by atoms with Gasteiger partial charge < -0.3 is 15.4 Å². The van der Waals surface area contributed by atoms with Crippen molar-refractivity contribution in [2.45, 2.75) is 53.2 Å². The molecule has 1 aromatic carbocycles. The Labute approximate surface area is 230 Å². The Balaban J connectivity index is 1.61. The third kappa shape index (κ3) is 6.06. The van der Waals surface area contributed by atoms with E-state index in [2.05, 4.69) is 46.5 Å². The van der Waals surface area contributed by atoms with Crippen molar-refractivity contribution in [2.75, 3.05) is 13.1 Å². The number of nitrogens with zero attached hydrogens (tertiary/aromatic N) is 4. The Kier molecular flexibility index (Phi) is 7.90. The highest BCUT2D eigenvalue weighted by molar-refractivity contribution is 7.15. The Morgan fingerprint density at radius 1 is 1.11 bits per heavy atom. The second kappa shape index (κ2) is 11.0. The molecule has 4 rings (SSSR count). The van der Waals surface area contributed by atoms with Crippen molar-refractivity contribution >= 4 is 40.6 Å². The van der Waals surface area contributed by atoms with Crippen LogP contribution in [0, 0.1) is 32.6 Å². The lowest BCUT2D eigenvalue weighted by molar-refractivity contribution is -0.115. The van der Waals surface area contributed by atoms with Gasteiger partial charge in [0, 0.05) is 34.1 Å². The van der Waals surface area contributed by atoms with Gasteiger partial charge in [-0.05, 0) is 65.2 Å². The summed E-state index contributed by atoms with van der Waals surface area (Å²) >= 11 is 7.79. The summed E-state index contributed by atoms with van der Waals surface area (Å²) in [6, 6.07) is 6.76. The number of carbonyl (C=O) groups excluding carboxylic acids is 2. The number of fused-ring (bicyclic) bond motifs is 3. The van der Waals surface area contributed by atoms with E-state index in [0.717, 1.165) is 27.4 Å². The number of nitrogens with one attached hydrogen (secondary N) is 2. The van der Waals surface area contributed by atoms with E-state index in [1.807, 2.05) is 35.8 Å². The van der Waals surface area contributed by atoms with Gasteiger partial charge in [0.1, 0.15) is 16.4 Å². The van der Waals surface area contributed by atoms with Gasteiger partial charge >= 0.3 is 6.09 Å². The average molecular weight is 553 g/mol. The van der Waals surface area contributed by atoms with Crippen LogP contribution in [-0.4, -0.2) is 51.2 Å². The van der Waals surface area contributed by atoms with Crippen LogP contribution in [0.2, 0.25) is 5.02 Å². The van der Waals surface area contributed by atoms with Crippen LogP contribution in [-0.2, 0) is 9.53 Å². The zero-order chi connectivity index (χ0) is 27.6. The molecule has 198 valence electrons. The summed E-state index contributed by atoms with van der Waals surface area (Å²) in [5, 5.41) is 15.5. The van der Waals surface area contributed by atoms with Gasteiger partial charge in [-0.2, -0.15) is 0 Å². The third-order valence-corrected chi connectivity index (χ3v) is 7.12. The van der Waals surface area contributed by atoms with Crippen LogP contribution in [0.4, 0.5) is 4.79 Å². The van der Waals surface area contributed by atoms with E-state index in [4.69, 9.17) is 21.3 Å². The minimum Gasteiger partial charge on any atom is -0.444 e. The summed E-state index contributed by atoms with van der Waals surface area (Å²) in [6.45, 7) is 11.8. The fourth-order valence-corrected chi connectivity index (χ4v) is 5.20. The van der Waals surface area contributed by atoms with E-state index >= 15 is 0 Å². The molecule has 0 aliphatic carbocycles. The predicted octanol–water partition coefficient (Wildman–Crippen LogP) is 4.44. The number of aromatic nitrogens is 3. The van der Waals surface area contributed by atoms with Crippen LogP contribution in [0.25, 0.3) is 5.00 Å². The van der Waals surface area contributed by atoms with Crippen LogP contribution >= 0.6 is 22.9 Å². The number of hydrogen-bond donors (Lipinski definition) is 2. The summed E-state index contributed by atoms with van der Waals surface area (Å²) in [5.41, 5.74) is 3.15. The van der Waals surface area contributed by atoms with Crippen molar-refractivity contribution in [3.63, 3.8) is 0 Å². The lowest BCUT2D eigenvalue weighted by Gasteiger charge is -2.19. The minimum absolute atomic E-state index is 0.196. The van der Waals surface area contributed by atoms with Crippen molar-refractivity contribution < 1.29 is 14.3 Å². The molecular formula is C27H29ClN6O3S. The van der Waals surface area contributed by atoms with Gasteiger partial charge in [0.25, 0.3) is 5.91 Å². The topological polar surface area (TPSA) is 110 Å². The number of alkyl carbamates (subject to hydrolysis) is 1.